The van der Waals surface area contributed by atoms with Crippen LogP contribution in [0.15, 0.2) is 0 Å². The molecular weight excluding hydrogens is 232 g/mol. The van der Waals surface area contributed by atoms with Gasteiger partial charge in [-0.1, -0.05) is 33.6 Å². The van der Waals surface area contributed by atoms with Gasteiger partial charge in [-0.25, -0.2) is 0 Å². The minimum atomic E-state index is 0.233. The van der Waals surface area contributed by atoms with Gasteiger partial charge in [-0.2, -0.15) is 0 Å². The maximum absolute atomic E-state index is 6.31. The van der Waals surface area contributed by atoms with Gasteiger partial charge in [0.05, 0.1) is 0 Å². The molecule has 2 saturated carbocycles. The van der Waals surface area contributed by atoms with E-state index in [4.69, 9.17) is 5.73 Å². The van der Waals surface area contributed by atoms with E-state index in [1.807, 2.05) is 0 Å². The number of nitrogens with zero attached hydrogens (tertiary/aromatic N) is 1. The summed E-state index contributed by atoms with van der Waals surface area (Å²) in [6.07, 6.45) is 10.9. The average Bonchev–Trinajstić information content (AvgIpc) is 2.39. The second-order valence-electron chi connectivity index (χ2n) is 7.85. The van der Waals surface area contributed by atoms with E-state index in [1.54, 1.807) is 0 Å². The van der Waals surface area contributed by atoms with Gasteiger partial charge < -0.3 is 5.73 Å². The van der Waals surface area contributed by atoms with E-state index in [0.29, 0.717) is 5.41 Å². The molecule has 2 aliphatic rings. The highest BCUT2D eigenvalue weighted by molar-refractivity contribution is 5.06. The lowest BCUT2D eigenvalue weighted by Gasteiger charge is -2.57. The lowest BCUT2D eigenvalue weighted by molar-refractivity contribution is -0.0609. The van der Waals surface area contributed by atoms with Crippen LogP contribution in [-0.2, 0) is 0 Å². The molecule has 0 aliphatic heterocycles. The van der Waals surface area contributed by atoms with Crippen LogP contribution in [0.3, 0.4) is 0 Å². The molecule has 0 spiro atoms. The summed E-state index contributed by atoms with van der Waals surface area (Å²) in [5.74, 6) is 0.929. The standard InChI is InChI=1S/C17H34N2/c1-14-7-9-15(10-8-14)19(4)17(13-18)12-6-5-11-16(17,2)3/h14-15H,5-13,18H2,1-4H3. The Labute approximate surface area is 120 Å². The summed E-state index contributed by atoms with van der Waals surface area (Å²) < 4.78 is 0. The van der Waals surface area contributed by atoms with E-state index >= 15 is 0 Å². The first-order valence-corrected chi connectivity index (χ1v) is 8.36. The molecule has 2 aliphatic carbocycles. The van der Waals surface area contributed by atoms with Gasteiger partial charge in [0.25, 0.3) is 0 Å². The zero-order valence-electron chi connectivity index (χ0n) is 13.5. The average molecular weight is 266 g/mol. The van der Waals surface area contributed by atoms with E-state index in [2.05, 4.69) is 32.7 Å². The topological polar surface area (TPSA) is 29.3 Å². The minimum Gasteiger partial charge on any atom is -0.329 e. The van der Waals surface area contributed by atoms with Crippen LogP contribution in [-0.4, -0.2) is 30.1 Å². The first kappa shape index (κ1) is 15.3. The van der Waals surface area contributed by atoms with Crippen molar-refractivity contribution in [1.29, 1.82) is 0 Å². The van der Waals surface area contributed by atoms with Crippen molar-refractivity contribution in [1.82, 2.24) is 4.90 Å². The predicted octanol–water partition coefficient (Wildman–Crippen LogP) is 3.79. The van der Waals surface area contributed by atoms with Crippen LogP contribution in [0.1, 0.15) is 72.1 Å². The van der Waals surface area contributed by atoms with Crippen molar-refractivity contribution in [2.45, 2.75) is 83.7 Å². The Balaban J connectivity index is 2.15. The van der Waals surface area contributed by atoms with E-state index in [1.165, 1.54) is 51.4 Å². The van der Waals surface area contributed by atoms with E-state index in [0.717, 1.165) is 18.5 Å². The van der Waals surface area contributed by atoms with Crippen LogP contribution in [0.2, 0.25) is 0 Å². The molecule has 112 valence electrons. The molecule has 2 rings (SSSR count). The number of hydrogen-bond acceptors (Lipinski definition) is 2. The SMILES string of the molecule is CC1CCC(N(C)C2(CN)CCCCC2(C)C)CC1. The summed E-state index contributed by atoms with van der Waals surface area (Å²) in [6.45, 7) is 8.12. The molecule has 1 unspecified atom stereocenters. The minimum absolute atomic E-state index is 0.233. The molecular formula is C17H34N2. The fraction of sp³-hybridized carbons (Fsp3) is 1.00. The van der Waals surface area contributed by atoms with Crippen LogP contribution < -0.4 is 5.73 Å². The number of nitrogens with two attached hydrogens (primary N) is 1. The lowest BCUT2D eigenvalue weighted by atomic mass is 9.61. The maximum atomic E-state index is 6.31. The van der Waals surface area contributed by atoms with Crippen molar-refractivity contribution in [3.05, 3.63) is 0 Å². The van der Waals surface area contributed by atoms with Gasteiger partial charge >= 0.3 is 0 Å². The molecule has 0 amide bonds. The van der Waals surface area contributed by atoms with E-state index < -0.39 is 0 Å². The first-order valence-electron chi connectivity index (χ1n) is 8.36. The van der Waals surface area contributed by atoms with Crippen LogP contribution >= 0.6 is 0 Å². The molecule has 2 nitrogen and oxygen atoms in total. The molecule has 0 aromatic rings. The quantitative estimate of drug-likeness (QED) is 0.842. The summed E-state index contributed by atoms with van der Waals surface area (Å²) >= 11 is 0. The zero-order chi connectivity index (χ0) is 14.1. The Morgan fingerprint density at radius 2 is 1.63 bits per heavy atom. The third kappa shape index (κ3) is 2.71. The van der Waals surface area contributed by atoms with Gasteiger partial charge in [0.15, 0.2) is 0 Å². The molecule has 0 saturated heterocycles. The molecule has 1 atom stereocenters. The van der Waals surface area contributed by atoms with Crippen molar-refractivity contribution in [2.75, 3.05) is 13.6 Å². The van der Waals surface area contributed by atoms with Gasteiger partial charge in [0.1, 0.15) is 0 Å². The summed E-state index contributed by atoms with van der Waals surface area (Å²) in [5.41, 5.74) is 6.90. The molecule has 19 heavy (non-hydrogen) atoms. The fourth-order valence-corrected chi connectivity index (χ4v) is 4.71. The Morgan fingerprint density at radius 1 is 1.05 bits per heavy atom. The monoisotopic (exact) mass is 266 g/mol. The van der Waals surface area contributed by atoms with E-state index in [-0.39, 0.29) is 5.54 Å². The lowest BCUT2D eigenvalue weighted by Crippen LogP contribution is -2.65. The van der Waals surface area contributed by atoms with Crippen LogP contribution in [0.5, 0.6) is 0 Å². The smallest absolute Gasteiger partial charge is 0.0382 e. The maximum Gasteiger partial charge on any atom is 0.0382 e. The van der Waals surface area contributed by atoms with Crippen molar-refractivity contribution in [3.8, 4) is 0 Å². The Kier molecular flexibility index (Phi) is 4.62. The highest BCUT2D eigenvalue weighted by atomic mass is 15.2. The summed E-state index contributed by atoms with van der Waals surface area (Å²) in [6, 6.07) is 0.761. The van der Waals surface area contributed by atoms with Gasteiger partial charge in [0, 0.05) is 18.1 Å². The van der Waals surface area contributed by atoms with Crippen molar-refractivity contribution >= 4 is 0 Å². The second-order valence-corrected chi connectivity index (χ2v) is 7.85. The molecule has 2 fully saturated rings. The molecule has 0 aromatic heterocycles. The van der Waals surface area contributed by atoms with Gasteiger partial charge in [-0.05, 0) is 56.9 Å². The summed E-state index contributed by atoms with van der Waals surface area (Å²) in [4.78, 5) is 2.71. The highest BCUT2D eigenvalue weighted by Gasteiger charge is 2.50. The second kappa shape index (κ2) is 5.73. The predicted molar refractivity (Wildman–Crippen MR) is 83.2 cm³/mol. The Hall–Kier alpha value is -0.0800. The normalized spacial score (nSPS) is 39.5. The third-order valence-electron chi connectivity index (χ3n) is 6.45. The van der Waals surface area contributed by atoms with Crippen LogP contribution in [0.4, 0.5) is 0 Å². The summed E-state index contributed by atoms with van der Waals surface area (Å²) in [7, 11) is 2.36. The number of hydrogen-bond donors (Lipinski definition) is 1. The number of rotatable bonds is 3. The van der Waals surface area contributed by atoms with Crippen LogP contribution in [0, 0.1) is 11.3 Å². The van der Waals surface area contributed by atoms with Crippen molar-refractivity contribution in [3.63, 3.8) is 0 Å². The van der Waals surface area contributed by atoms with Crippen molar-refractivity contribution in [2.24, 2.45) is 17.1 Å². The van der Waals surface area contributed by atoms with Gasteiger partial charge in [-0.3, -0.25) is 4.90 Å². The highest BCUT2D eigenvalue weighted by Crippen LogP contribution is 2.48. The Bertz CT molecular complexity index is 292. The number of likely N-dealkylation sites (N-methyl/N-ethyl adjacent to an activating group) is 1. The molecule has 2 heteroatoms. The molecule has 2 N–H and O–H groups in total. The van der Waals surface area contributed by atoms with Crippen LogP contribution in [0.25, 0.3) is 0 Å². The largest absolute Gasteiger partial charge is 0.329 e. The molecule has 0 radical (unpaired) electrons. The summed E-state index contributed by atoms with van der Waals surface area (Å²) in [5, 5.41) is 0. The van der Waals surface area contributed by atoms with Gasteiger partial charge in [0.2, 0.25) is 0 Å². The first-order chi connectivity index (χ1) is 8.93. The Morgan fingerprint density at radius 3 is 2.16 bits per heavy atom. The molecule has 0 bridgehead atoms. The molecule has 0 aromatic carbocycles. The van der Waals surface area contributed by atoms with Crippen molar-refractivity contribution < 1.29 is 0 Å². The third-order valence-corrected chi connectivity index (χ3v) is 6.45. The molecule has 0 heterocycles. The fourth-order valence-electron chi connectivity index (χ4n) is 4.71. The van der Waals surface area contributed by atoms with Gasteiger partial charge in [-0.15, -0.1) is 0 Å². The zero-order valence-corrected chi connectivity index (χ0v) is 13.5. The van der Waals surface area contributed by atoms with E-state index in [9.17, 15) is 0 Å².